The maximum absolute atomic E-state index is 11.4. The third-order valence-electron chi connectivity index (χ3n) is 3.57. The average Bonchev–Trinajstić information content (AvgIpc) is 2.26. The second-order valence-corrected chi connectivity index (χ2v) is 5.36. The highest BCUT2D eigenvalue weighted by Gasteiger charge is 2.42. The summed E-state index contributed by atoms with van der Waals surface area (Å²) in [5.41, 5.74) is -0.893. The van der Waals surface area contributed by atoms with Crippen molar-refractivity contribution in [1.29, 1.82) is 0 Å². The van der Waals surface area contributed by atoms with Crippen molar-refractivity contribution >= 4 is 5.97 Å². The molecule has 1 N–H and O–H groups in total. The smallest absolute Gasteiger partial charge is 0.335 e. The third-order valence-corrected chi connectivity index (χ3v) is 3.57. The van der Waals surface area contributed by atoms with Crippen molar-refractivity contribution in [2.75, 3.05) is 6.61 Å². The number of carboxylic acids is 1. The van der Waals surface area contributed by atoms with Gasteiger partial charge in [-0.2, -0.15) is 0 Å². The first-order valence-corrected chi connectivity index (χ1v) is 6.37. The van der Waals surface area contributed by atoms with E-state index in [1.165, 1.54) is 0 Å². The summed E-state index contributed by atoms with van der Waals surface area (Å²) in [6.07, 6.45) is 4.47. The zero-order chi connectivity index (χ0) is 12.2. The Hall–Kier alpha value is -0.570. The van der Waals surface area contributed by atoms with E-state index in [2.05, 4.69) is 6.92 Å². The van der Waals surface area contributed by atoms with Crippen LogP contribution < -0.4 is 0 Å². The predicted molar refractivity (Wildman–Crippen MR) is 63.4 cm³/mol. The zero-order valence-electron chi connectivity index (χ0n) is 10.7. The van der Waals surface area contributed by atoms with Crippen LogP contribution in [0.15, 0.2) is 0 Å². The van der Waals surface area contributed by atoms with Crippen LogP contribution in [-0.2, 0) is 9.53 Å². The Balaban J connectivity index is 2.58. The van der Waals surface area contributed by atoms with Gasteiger partial charge in [0.1, 0.15) is 0 Å². The Bertz CT molecular complexity index is 227. The van der Waals surface area contributed by atoms with Crippen LogP contribution >= 0.6 is 0 Å². The lowest BCUT2D eigenvalue weighted by atomic mass is 9.77. The molecular formula is C13H24O3. The van der Waals surface area contributed by atoms with Gasteiger partial charge in [0, 0.05) is 0 Å². The van der Waals surface area contributed by atoms with Crippen LogP contribution in [0.4, 0.5) is 0 Å². The molecule has 1 aliphatic rings. The second kappa shape index (κ2) is 5.67. The molecule has 1 saturated carbocycles. The van der Waals surface area contributed by atoms with E-state index >= 15 is 0 Å². The average molecular weight is 228 g/mol. The highest BCUT2D eigenvalue weighted by molar-refractivity contribution is 5.77. The largest absolute Gasteiger partial charge is 0.479 e. The van der Waals surface area contributed by atoms with E-state index < -0.39 is 11.6 Å². The molecule has 94 valence electrons. The minimum absolute atomic E-state index is 0.389. The molecule has 0 atom stereocenters. The van der Waals surface area contributed by atoms with Crippen LogP contribution in [0.2, 0.25) is 0 Å². The van der Waals surface area contributed by atoms with Gasteiger partial charge in [-0.25, -0.2) is 4.79 Å². The third kappa shape index (κ3) is 3.21. The second-order valence-electron chi connectivity index (χ2n) is 5.36. The van der Waals surface area contributed by atoms with Crippen LogP contribution in [0.3, 0.4) is 0 Å². The molecule has 0 bridgehead atoms. The molecule has 1 rings (SSSR count). The summed E-state index contributed by atoms with van der Waals surface area (Å²) in [5.74, 6) is 0.304. The summed E-state index contributed by atoms with van der Waals surface area (Å²) in [6, 6.07) is 0. The summed E-state index contributed by atoms with van der Waals surface area (Å²) in [6.45, 7) is 6.82. The molecule has 0 saturated heterocycles. The summed E-state index contributed by atoms with van der Waals surface area (Å²) in [7, 11) is 0. The fourth-order valence-corrected chi connectivity index (χ4v) is 2.30. The fourth-order valence-electron chi connectivity index (χ4n) is 2.30. The minimum atomic E-state index is -0.893. The van der Waals surface area contributed by atoms with E-state index in [0.29, 0.717) is 31.3 Å². The van der Waals surface area contributed by atoms with Gasteiger partial charge in [-0.3, -0.25) is 0 Å². The number of rotatable bonds is 5. The van der Waals surface area contributed by atoms with Gasteiger partial charge in [0.05, 0.1) is 6.61 Å². The van der Waals surface area contributed by atoms with Gasteiger partial charge < -0.3 is 9.84 Å². The van der Waals surface area contributed by atoms with Gasteiger partial charge >= 0.3 is 5.97 Å². The lowest BCUT2D eigenvalue weighted by Gasteiger charge is -2.36. The monoisotopic (exact) mass is 228 g/mol. The first kappa shape index (κ1) is 13.5. The van der Waals surface area contributed by atoms with Gasteiger partial charge in [-0.15, -0.1) is 0 Å². The van der Waals surface area contributed by atoms with Crippen LogP contribution in [0.5, 0.6) is 0 Å². The van der Waals surface area contributed by atoms with Crippen LogP contribution in [0, 0.1) is 11.8 Å². The summed E-state index contributed by atoms with van der Waals surface area (Å²) < 4.78 is 5.69. The lowest BCUT2D eigenvalue weighted by Crippen LogP contribution is -2.45. The van der Waals surface area contributed by atoms with E-state index in [4.69, 9.17) is 4.74 Å². The molecule has 0 radical (unpaired) electrons. The molecule has 0 spiro atoms. The molecule has 16 heavy (non-hydrogen) atoms. The highest BCUT2D eigenvalue weighted by atomic mass is 16.5. The standard InChI is InChI=1S/C13H24O3/c1-4-11-5-7-13(8-6-11,12(14)15)16-9-10(2)3/h10-11H,4-9H2,1-3H3,(H,14,15). The molecule has 0 aliphatic heterocycles. The molecule has 0 aromatic rings. The van der Waals surface area contributed by atoms with Crippen LogP contribution in [0.1, 0.15) is 52.9 Å². The number of hydrogen-bond acceptors (Lipinski definition) is 2. The van der Waals surface area contributed by atoms with Crippen molar-refractivity contribution < 1.29 is 14.6 Å². The first-order valence-electron chi connectivity index (χ1n) is 6.37. The van der Waals surface area contributed by atoms with Crippen molar-refractivity contribution in [3.8, 4) is 0 Å². The van der Waals surface area contributed by atoms with E-state index in [0.717, 1.165) is 19.3 Å². The summed E-state index contributed by atoms with van der Waals surface area (Å²) in [5, 5.41) is 9.34. The molecule has 1 fully saturated rings. The summed E-state index contributed by atoms with van der Waals surface area (Å²) in [4.78, 5) is 11.4. The maximum Gasteiger partial charge on any atom is 0.335 e. The Morgan fingerprint density at radius 3 is 2.38 bits per heavy atom. The molecule has 3 nitrogen and oxygen atoms in total. The number of ether oxygens (including phenoxy) is 1. The molecule has 0 heterocycles. The zero-order valence-corrected chi connectivity index (χ0v) is 10.7. The van der Waals surface area contributed by atoms with Gasteiger partial charge in [0.2, 0.25) is 0 Å². The molecule has 0 amide bonds. The van der Waals surface area contributed by atoms with Gasteiger partial charge in [0.25, 0.3) is 0 Å². The van der Waals surface area contributed by atoms with Gasteiger partial charge in [0.15, 0.2) is 5.60 Å². The fraction of sp³-hybridized carbons (Fsp3) is 0.923. The van der Waals surface area contributed by atoms with E-state index in [1.54, 1.807) is 0 Å². The normalized spacial score (nSPS) is 30.6. The quantitative estimate of drug-likeness (QED) is 0.786. The molecule has 0 aromatic heterocycles. The molecule has 0 unspecified atom stereocenters. The number of carboxylic acid groups (broad SMARTS) is 1. The SMILES string of the molecule is CCC1CCC(OCC(C)C)(C(=O)O)CC1. The van der Waals surface area contributed by atoms with Crippen molar-refractivity contribution in [2.45, 2.75) is 58.5 Å². The minimum Gasteiger partial charge on any atom is -0.479 e. The Labute approximate surface area is 98.2 Å². The van der Waals surface area contributed by atoms with Gasteiger partial charge in [-0.1, -0.05) is 27.2 Å². The van der Waals surface area contributed by atoms with Crippen LogP contribution in [-0.4, -0.2) is 23.3 Å². The molecule has 0 aromatic carbocycles. The van der Waals surface area contributed by atoms with Crippen molar-refractivity contribution in [1.82, 2.24) is 0 Å². The lowest BCUT2D eigenvalue weighted by molar-refractivity contribution is -0.173. The predicted octanol–water partition coefficient (Wildman–Crippen LogP) is 3.08. The molecule has 3 heteroatoms. The van der Waals surface area contributed by atoms with E-state index in [-0.39, 0.29) is 0 Å². The van der Waals surface area contributed by atoms with Crippen molar-refractivity contribution in [3.05, 3.63) is 0 Å². The Kier molecular flexibility index (Phi) is 4.78. The molecular weight excluding hydrogens is 204 g/mol. The highest BCUT2D eigenvalue weighted by Crippen LogP contribution is 2.36. The Morgan fingerprint density at radius 1 is 1.44 bits per heavy atom. The number of aliphatic carboxylic acids is 1. The van der Waals surface area contributed by atoms with Crippen molar-refractivity contribution in [3.63, 3.8) is 0 Å². The topological polar surface area (TPSA) is 46.5 Å². The van der Waals surface area contributed by atoms with Crippen molar-refractivity contribution in [2.24, 2.45) is 11.8 Å². The van der Waals surface area contributed by atoms with Crippen LogP contribution in [0.25, 0.3) is 0 Å². The maximum atomic E-state index is 11.4. The molecule has 1 aliphatic carbocycles. The van der Waals surface area contributed by atoms with E-state index in [1.807, 2.05) is 13.8 Å². The summed E-state index contributed by atoms with van der Waals surface area (Å²) >= 11 is 0. The van der Waals surface area contributed by atoms with E-state index in [9.17, 15) is 9.90 Å². The Morgan fingerprint density at radius 2 is 2.00 bits per heavy atom. The number of carbonyl (C=O) groups is 1. The first-order chi connectivity index (χ1) is 7.50. The van der Waals surface area contributed by atoms with Gasteiger partial charge in [-0.05, 0) is 37.5 Å². The number of hydrogen-bond donors (Lipinski definition) is 1.